The van der Waals surface area contributed by atoms with Gasteiger partial charge in [-0.3, -0.25) is 9.59 Å². The maximum absolute atomic E-state index is 11.9. The van der Waals surface area contributed by atoms with Crippen molar-refractivity contribution in [2.75, 3.05) is 0 Å². The van der Waals surface area contributed by atoms with E-state index in [4.69, 9.17) is 16.2 Å². The van der Waals surface area contributed by atoms with E-state index < -0.39 is 12.0 Å². The van der Waals surface area contributed by atoms with E-state index in [1.165, 1.54) is 0 Å². The molecule has 5 heteroatoms. The number of fused-ring (bicyclic) bond motifs is 1. The third-order valence-electron chi connectivity index (χ3n) is 2.36. The fourth-order valence-electron chi connectivity index (χ4n) is 1.60. The smallest absolute Gasteiger partial charge is 0.263 e. The number of carbonyl (C=O) groups is 2. The van der Waals surface area contributed by atoms with Crippen LogP contribution in [-0.2, 0) is 4.79 Å². The monoisotopic (exact) mass is 218 g/mol. The van der Waals surface area contributed by atoms with Crippen LogP contribution in [0.3, 0.4) is 0 Å². The summed E-state index contributed by atoms with van der Waals surface area (Å²) in [5.41, 5.74) is 10.9. The molecule has 0 fully saturated rings. The minimum atomic E-state index is -1.10. The Labute approximate surface area is 91.7 Å². The molecule has 0 aromatic heterocycles. The third kappa shape index (κ3) is 1.42. The summed E-state index contributed by atoms with van der Waals surface area (Å²) < 4.78 is 5.32. The number of hydrogen-bond donors (Lipinski definition) is 2. The summed E-state index contributed by atoms with van der Waals surface area (Å²) in [7, 11) is 0. The van der Waals surface area contributed by atoms with Crippen molar-refractivity contribution in [1.29, 1.82) is 0 Å². The molecule has 0 aliphatic carbocycles. The minimum Gasteiger partial charge on any atom is -0.475 e. The molecule has 1 aliphatic rings. The number of nitrogens with two attached hydrogens (primary N) is 2. The molecule has 82 valence electrons. The highest BCUT2D eigenvalue weighted by Gasteiger charge is 2.34. The van der Waals surface area contributed by atoms with Gasteiger partial charge in [-0.25, -0.2) is 0 Å². The molecule has 16 heavy (non-hydrogen) atoms. The maximum atomic E-state index is 11.9. The Balaban J connectivity index is 2.54. The van der Waals surface area contributed by atoms with E-state index in [-0.39, 0.29) is 11.4 Å². The van der Waals surface area contributed by atoms with Crippen molar-refractivity contribution in [3.8, 4) is 5.75 Å². The molecule has 1 amide bonds. The Morgan fingerprint density at radius 1 is 1.38 bits per heavy atom. The molecular weight excluding hydrogens is 208 g/mol. The van der Waals surface area contributed by atoms with Crippen LogP contribution in [-0.4, -0.2) is 17.8 Å². The number of para-hydroxylation sites is 1. The highest BCUT2D eigenvalue weighted by atomic mass is 16.5. The molecule has 0 bridgehead atoms. The van der Waals surface area contributed by atoms with Crippen molar-refractivity contribution >= 4 is 11.7 Å². The van der Waals surface area contributed by atoms with E-state index in [1.54, 1.807) is 24.3 Å². The molecule has 5 nitrogen and oxygen atoms in total. The normalized spacial score (nSPS) is 21.4. The van der Waals surface area contributed by atoms with Crippen LogP contribution in [0.4, 0.5) is 0 Å². The van der Waals surface area contributed by atoms with Gasteiger partial charge in [0.2, 0.25) is 6.10 Å². The summed E-state index contributed by atoms with van der Waals surface area (Å²) in [6.07, 6.45) is -0.0411. The Morgan fingerprint density at radius 2 is 2.06 bits per heavy atom. The first-order chi connectivity index (χ1) is 7.65. The maximum Gasteiger partial charge on any atom is 0.263 e. The van der Waals surface area contributed by atoms with Crippen LogP contribution in [0.25, 0.3) is 0 Å². The van der Waals surface area contributed by atoms with E-state index in [9.17, 15) is 9.59 Å². The Bertz CT molecular complexity index is 494. The minimum absolute atomic E-state index is 0.0752. The molecule has 0 radical (unpaired) electrons. The molecule has 2 rings (SSSR count). The number of hydrogen-bond acceptors (Lipinski definition) is 4. The average Bonchev–Trinajstić information content (AvgIpc) is 2.29. The number of rotatable bonds is 1. The summed E-state index contributed by atoms with van der Waals surface area (Å²) >= 11 is 0. The van der Waals surface area contributed by atoms with E-state index in [2.05, 4.69) is 0 Å². The van der Waals surface area contributed by atoms with Gasteiger partial charge < -0.3 is 16.2 Å². The van der Waals surface area contributed by atoms with Gasteiger partial charge in [-0.15, -0.1) is 0 Å². The van der Waals surface area contributed by atoms with Gasteiger partial charge in [0.15, 0.2) is 5.78 Å². The van der Waals surface area contributed by atoms with Crippen LogP contribution in [0.1, 0.15) is 10.4 Å². The van der Waals surface area contributed by atoms with Crippen LogP contribution in [0.15, 0.2) is 36.0 Å². The summed E-state index contributed by atoms with van der Waals surface area (Å²) in [6, 6.07) is 6.63. The number of carbonyl (C=O) groups excluding carboxylic acids is 2. The van der Waals surface area contributed by atoms with Crippen molar-refractivity contribution in [2.24, 2.45) is 11.5 Å². The lowest BCUT2D eigenvalue weighted by Gasteiger charge is -2.24. The summed E-state index contributed by atoms with van der Waals surface area (Å²) in [4.78, 5) is 23.1. The molecule has 0 spiro atoms. The summed E-state index contributed by atoms with van der Waals surface area (Å²) in [5, 5.41) is 0. The standard InChI is InChI=1S/C11H10N2O3/c12-5-7-9(14)6-3-1-2-4-8(6)16-10(7)11(13)15/h1-5,10H,12H2,(H2,13,15)/b7-5+. The summed E-state index contributed by atoms with van der Waals surface area (Å²) in [5.74, 6) is -0.713. The first kappa shape index (κ1) is 10.2. The number of benzene rings is 1. The predicted molar refractivity (Wildman–Crippen MR) is 56.7 cm³/mol. The molecule has 0 saturated carbocycles. The molecule has 1 unspecified atom stereocenters. The first-order valence-corrected chi connectivity index (χ1v) is 4.66. The van der Waals surface area contributed by atoms with Gasteiger partial charge in [-0.1, -0.05) is 12.1 Å². The second-order valence-corrected chi connectivity index (χ2v) is 3.35. The predicted octanol–water partition coefficient (Wildman–Crippen LogP) is -0.0418. The van der Waals surface area contributed by atoms with Gasteiger partial charge in [0.1, 0.15) is 5.75 Å². The second-order valence-electron chi connectivity index (χ2n) is 3.35. The Hall–Kier alpha value is -2.30. The van der Waals surface area contributed by atoms with Crippen molar-refractivity contribution in [3.05, 3.63) is 41.6 Å². The molecule has 1 heterocycles. The van der Waals surface area contributed by atoms with Gasteiger partial charge in [-0.2, -0.15) is 0 Å². The largest absolute Gasteiger partial charge is 0.475 e. The van der Waals surface area contributed by atoms with Gasteiger partial charge in [-0.05, 0) is 12.1 Å². The number of ketones is 1. The average molecular weight is 218 g/mol. The van der Waals surface area contributed by atoms with E-state index in [0.717, 1.165) is 6.20 Å². The number of primary amides is 1. The molecule has 1 aliphatic heterocycles. The van der Waals surface area contributed by atoms with Crippen LogP contribution in [0.5, 0.6) is 5.75 Å². The van der Waals surface area contributed by atoms with Crippen molar-refractivity contribution in [3.63, 3.8) is 0 Å². The lowest BCUT2D eigenvalue weighted by Crippen LogP contribution is -2.41. The Morgan fingerprint density at radius 3 is 2.69 bits per heavy atom. The lowest BCUT2D eigenvalue weighted by atomic mass is 9.95. The third-order valence-corrected chi connectivity index (χ3v) is 2.36. The topological polar surface area (TPSA) is 95.4 Å². The number of Topliss-reactive ketones (excluding diaryl/α,β-unsaturated/α-hetero) is 1. The SMILES string of the molecule is N/C=C1\C(=O)c2ccccc2OC1C(N)=O. The molecule has 1 atom stereocenters. The molecule has 0 saturated heterocycles. The molecule has 4 N–H and O–H groups in total. The number of amides is 1. The zero-order valence-electron chi connectivity index (χ0n) is 8.34. The van der Waals surface area contributed by atoms with Crippen molar-refractivity contribution in [2.45, 2.75) is 6.10 Å². The Kier molecular flexibility index (Phi) is 2.36. The zero-order valence-corrected chi connectivity index (χ0v) is 8.34. The van der Waals surface area contributed by atoms with Gasteiger partial charge in [0.25, 0.3) is 5.91 Å². The van der Waals surface area contributed by atoms with Crippen LogP contribution in [0, 0.1) is 0 Å². The zero-order chi connectivity index (χ0) is 11.7. The molecule has 1 aromatic rings. The van der Waals surface area contributed by atoms with Gasteiger partial charge >= 0.3 is 0 Å². The fraction of sp³-hybridized carbons (Fsp3) is 0.0909. The van der Waals surface area contributed by atoms with E-state index in [0.29, 0.717) is 11.3 Å². The van der Waals surface area contributed by atoms with Crippen molar-refractivity contribution < 1.29 is 14.3 Å². The highest BCUT2D eigenvalue weighted by molar-refractivity contribution is 6.15. The fourth-order valence-corrected chi connectivity index (χ4v) is 1.60. The van der Waals surface area contributed by atoms with Gasteiger partial charge in [0.05, 0.1) is 11.1 Å². The summed E-state index contributed by atoms with van der Waals surface area (Å²) in [6.45, 7) is 0. The van der Waals surface area contributed by atoms with E-state index >= 15 is 0 Å². The molecule has 1 aromatic carbocycles. The quantitative estimate of drug-likeness (QED) is 0.646. The van der Waals surface area contributed by atoms with Crippen LogP contribution >= 0.6 is 0 Å². The van der Waals surface area contributed by atoms with E-state index in [1.807, 2.05) is 0 Å². The lowest BCUT2D eigenvalue weighted by molar-refractivity contribution is -0.123. The van der Waals surface area contributed by atoms with Crippen molar-refractivity contribution in [1.82, 2.24) is 0 Å². The van der Waals surface area contributed by atoms with Gasteiger partial charge in [0, 0.05) is 6.20 Å². The molecular formula is C11H10N2O3. The second kappa shape index (κ2) is 3.69. The number of ether oxygens (including phenoxy) is 1. The first-order valence-electron chi connectivity index (χ1n) is 4.66. The van der Waals surface area contributed by atoms with Crippen LogP contribution in [0.2, 0.25) is 0 Å². The highest BCUT2D eigenvalue weighted by Crippen LogP contribution is 2.29. The van der Waals surface area contributed by atoms with Crippen LogP contribution < -0.4 is 16.2 Å².